The van der Waals surface area contributed by atoms with Gasteiger partial charge in [-0.25, -0.2) is 0 Å². The lowest BCUT2D eigenvalue weighted by Crippen LogP contribution is -2.34. The minimum absolute atomic E-state index is 0.0816. The Balaban J connectivity index is 2.07. The van der Waals surface area contributed by atoms with Crippen molar-refractivity contribution >= 4 is 5.97 Å². The van der Waals surface area contributed by atoms with Gasteiger partial charge in [-0.2, -0.15) is 0 Å². The van der Waals surface area contributed by atoms with Crippen LogP contribution in [0.5, 0.6) is 0 Å². The van der Waals surface area contributed by atoms with Crippen LogP contribution in [0.3, 0.4) is 0 Å². The summed E-state index contributed by atoms with van der Waals surface area (Å²) in [5, 5.41) is 0. The number of rotatable bonds is 0. The fourth-order valence-corrected chi connectivity index (χ4v) is 3.52. The predicted molar refractivity (Wildman–Crippen MR) is 43.4 cm³/mol. The molecule has 0 aromatic heterocycles. The highest BCUT2D eigenvalue weighted by molar-refractivity contribution is 5.76. The summed E-state index contributed by atoms with van der Waals surface area (Å²) in [7, 11) is 0. The molecule has 4 atom stereocenters. The Bertz CT molecular complexity index is 257. The second-order valence-electron chi connectivity index (χ2n) is 5.12. The van der Waals surface area contributed by atoms with E-state index in [1.807, 2.05) is 0 Å². The van der Waals surface area contributed by atoms with Gasteiger partial charge in [0.05, 0.1) is 5.92 Å². The Morgan fingerprint density at radius 1 is 1.42 bits per heavy atom. The Morgan fingerprint density at radius 3 is 2.75 bits per heavy atom. The molecule has 2 nitrogen and oxygen atoms in total. The monoisotopic (exact) mass is 166 g/mol. The van der Waals surface area contributed by atoms with Gasteiger partial charge in [0.2, 0.25) is 0 Å². The third-order valence-electron chi connectivity index (χ3n) is 4.33. The molecule has 0 spiro atoms. The molecule has 66 valence electrons. The molecule has 2 heteroatoms. The van der Waals surface area contributed by atoms with Crippen molar-refractivity contribution in [2.45, 2.75) is 32.8 Å². The molecule has 3 aliphatic rings. The van der Waals surface area contributed by atoms with Crippen LogP contribution in [0, 0.1) is 23.2 Å². The van der Waals surface area contributed by atoms with Crippen molar-refractivity contribution in [2.75, 3.05) is 0 Å². The van der Waals surface area contributed by atoms with E-state index in [1.54, 1.807) is 0 Å². The summed E-state index contributed by atoms with van der Waals surface area (Å²) in [5.74, 6) is 1.66. The smallest absolute Gasteiger partial charge is 0.309 e. The van der Waals surface area contributed by atoms with E-state index in [0.717, 1.165) is 12.3 Å². The molecule has 1 heterocycles. The van der Waals surface area contributed by atoms with Crippen molar-refractivity contribution in [3.05, 3.63) is 0 Å². The molecular weight excluding hydrogens is 152 g/mol. The topological polar surface area (TPSA) is 26.3 Å². The van der Waals surface area contributed by atoms with E-state index >= 15 is 0 Å². The van der Waals surface area contributed by atoms with E-state index in [2.05, 4.69) is 13.8 Å². The van der Waals surface area contributed by atoms with Gasteiger partial charge in [-0.3, -0.25) is 4.79 Å². The van der Waals surface area contributed by atoms with Crippen LogP contribution in [0.1, 0.15) is 26.7 Å². The zero-order valence-electron chi connectivity index (χ0n) is 7.54. The van der Waals surface area contributed by atoms with Crippen LogP contribution in [0.25, 0.3) is 0 Å². The SMILES string of the molecule is CC1(C)C2CC3C(=O)OC1C3C2. The summed E-state index contributed by atoms with van der Waals surface area (Å²) in [4.78, 5) is 11.4. The highest BCUT2D eigenvalue weighted by Gasteiger charge is 2.65. The number of carbonyl (C=O) groups excluding carboxylic acids is 1. The number of esters is 1. The molecule has 0 radical (unpaired) electrons. The number of hydrogen-bond donors (Lipinski definition) is 0. The highest BCUT2D eigenvalue weighted by Crippen LogP contribution is 2.62. The summed E-state index contributed by atoms with van der Waals surface area (Å²) in [5.41, 5.74) is 0.257. The van der Waals surface area contributed by atoms with E-state index in [9.17, 15) is 4.79 Å². The average molecular weight is 166 g/mol. The van der Waals surface area contributed by atoms with E-state index in [1.165, 1.54) is 6.42 Å². The standard InChI is InChI=1S/C10H14O2/c1-10(2)5-3-6-7(4-5)9(11)12-8(6)10/h5-8H,3-4H2,1-2H3. The highest BCUT2D eigenvalue weighted by atomic mass is 16.6. The maximum absolute atomic E-state index is 11.4. The van der Waals surface area contributed by atoms with Crippen LogP contribution in [0.15, 0.2) is 0 Å². The first-order chi connectivity index (χ1) is 5.60. The lowest BCUT2D eigenvalue weighted by atomic mass is 9.72. The van der Waals surface area contributed by atoms with Gasteiger partial charge in [0.15, 0.2) is 0 Å². The maximum Gasteiger partial charge on any atom is 0.309 e. The summed E-state index contributed by atoms with van der Waals surface area (Å²) in [6.07, 6.45) is 2.56. The summed E-state index contributed by atoms with van der Waals surface area (Å²) in [6, 6.07) is 0. The fourth-order valence-electron chi connectivity index (χ4n) is 3.52. The minimum atomic E-state index is 0.0816. The van der Waals surface area contributed by atoms with Gasteiger partial charge in [-0.1, -0.05) is 13.8 Å². The minimum Gasteiger partial charge on any atom is -0.461 e. The summed E-state index contributed by atoms with van der Waals surface area (Å²) >= 11 is 0. The van der Waals surface area contributed by atoms with E-state index in [4.69, 9.17) is 4.74 Å². The number of carbonyl (C=O) groups is 1. The van der Waals surface area contributed by atoms with Crippen molar-refractivity contribution in [1.82, 2.24) is 0 Å². The normalized spacial score (nSPS) is 53.0. The molecule has 1 saturated heterocycles. The van der Waals surface area contributed by atoms with E-state index in [-0.39, 0.29) is 23.4 Å². The Hall–Kier alpha value is -0.530. The van der Waals surface area contributed by atoms with Crippen molar-refractivity contribution < 1.29 is 9.53 Å². The number of ether oxygens (including phenoxy) is 1. The van der Waals surface area contributed by atoms with Gasteiger partial charge in [0, 0.05) is 11.3 Å². The largest absolute Gasteiger partial charge is 0.461 e. The second-order valence-corrected chi connectivity index (χ2v) is 5.12. The van der Waals surface area contributed by atoms with Crippen LogP contribution in [-0.2, 0) is 9.53 Å². The molecule has 3 rings (SSSR count). The first-order valence-electron chi connectivity index (χ1n) is 4.81. The zero-order chi connectivity index (χ0) is 8.51. The van der Waals surface area contributed by atoms with Gasteiger partial charge < -0.3 is 4.74 Å². The molecule has 0 aromatic carbocycles. The molecular formula is C10H14O2. The maximum atomic E-state index is 11.4. The van der Waals surface area contributed by atoms with Gasteiger partial charge in [0.1, 0.15) is 6.10 Å². The zero-order valence-corrected chi connectivity index (χ0v) is 7.54. The quantitative estimate of drug-likeness (QED) is 0.511. The average Bonchev–Trinajstić information content (AvgIpc) is 2.53. The molecule has 3 fully saturated rings. The Morgan fingerprint density at radius 2 is 2.17 bits per heavy atom. The number of fused-ring (bicyclic) bond motifs is 1. The summed E-state index contributed by atoms with van der Waals surface area (Å²) < 4.78 is 5.42. The third-order valence-corrected chi connectivity index (χ3v) is 4.33. The van der Waals surface area contributed by atoms with Crippen LogP contribution >= 0.6 is 0 Å². The molecule has 4 unspecified atom stereocenters. The molecule has 2 saturated carbocycles. The van der Waals surface area contributed by atoms with Crippen LogP contribution in [0.4, 0.5) is 0 Å². The Labute approximate surface area is 72.3 Å². The molecule has 0 aromatic rings. The number of hydrogen-bond acceptors (Lipinski definition) is 2. The van der Waals surface area contributed by atoms with E-state index < -0.39 is 0 Å². The fraction of sp³-hybridized carbons (Fsp3) is 0.900. The molecule has 0 N–H and O–H groups in total. The summed E-state index contributed by atoms with van der Waals surface area (Å²) in [6.45, 7) is 4.49. The first kappa shape index (κ1) is 6.93. The third kappa shape index (κ3) is 0.540. The van der Waals surface area contributed by atoms with Gasteiger partial charge in [-0.15, -0.1) is 0 Å². The predicted octanol–water partition coefficient (Wildman–Crippen LogP) is 1.59. The Kier molecular flexibility index (Phi) is 0.984. The lowest BCUT2D eigenvalue weighted by molar-refractivity contribution is -0.145. The second kappa shape index (κ2) is 1.70. The lowest BCUT2D eigenvalue weighted by Gasteiger charge is -2.32. The molecule has 1 aliphatic heterocycles. The molecule has 0 amide bonds. The first-order valence-corrected chi connectivity index (χ1v) is 4.81. The van der Waals surface area contributed by atoms with E-state index in [0.29, 0.717) is 5.92 Å². The van der Waals surface area contributed by atoms with Crippen LogP contribution < -0.4 is 0 Å². The van der Waals surface area contributed by atoms with Crippen molar-refractivity contribution in [3.8, 4) is 0 Å². The molecule has 2 aliphatic carbocycles. The van der Waals surface area contributed by atoms with Gasteiger partial charge >= 0.3 is 5.97 Å². The van der Waals surface area contributed by atoms with Crippen molar-refractivity contribution in [2.24, 2.45) is 23.2 Å². The van der Waals surface area contributed by atoms with Crippen molar-refractivity contribution in [3.63, 3.8) is 0 Å². The molecule has 2 bridgehead atoms. The van der Waals surface area contributed by atoms with Crippen molar-refractivity contribution in [1.29, 1.82) is 0 Å². The van der Waals surface area contributed by atoms with Gasteiger partial charge in [0.25, 0.3) is 0 Å². The van der Waals surface area contributed by atoms with Gasteiger partial charge in [-0.05, 0) is 18.8 Å². The van der Waals surface area contributed by atoms with Crippen LogP contribution in [-0.4, -0.2) is 12.1 Å². The van der Waals surface area contributed by atoms with Crippen LogP contribution in [0.2, 0.25) is 0 Å². The molecule has 12 heavy (non-hydrogen) atoms.